The van der Waals surface area contributed by atoms with Gasteiger partial charge in [-0.1, -0.05) is 15.9 Å². The van der Waals surface area contributed by atoms with Gasteiger partial charge in [-0.25, -0.2) is 0 Å². The minimum Gasteiger partial charge on any atom is -0.382 e. The smallest absolute Gasteiger partial charge is 0.101 e. The highest BCUT2D eigenvalue weighted by Gasteiger charge is 2.21. The Balaban J connectivity index is 2.00. The summed E-state index contributed by atoms with van der Waals surface area (Å²) in [7, 11) is 4.31. The molecule has 0 spiro atoms. The average Bonchev–Trinajstić information content (AvgIpc) is 2.40. The molecule has 1 aromatic carbocycles. The van der Waals surface area contributed by atoms with Crippen LogP contribution in [-0.2, 0) is 0 Å². The number of anilines is 1. The highest BCUT2D eigenvalue weighted by Crippen LogP contribution is 2.20. The van der Waals surface area contributed by atoms with Crippen molar-refractivity contribution in [3.05, 3.63) is 28.2 Å². The van der Waals surface area contributed by atoms with Gasteiger partial charge in [0.25, 0.3) is 0 Å². The molecule has 0 bridgehead atoms. The zero-order valence-electron chi connectivity index (χ0n) is 11.4. The Labute approximate surface area is 123 Å². The molecule has 19 heavy (non-hydrogen) atoms. The van der Waals surface area contributed by atoms with Gasteiger partial charge in [0.15, 0.2) is 0 Å². The van der Waals surface area contributed by atoms with E-state index in [1.807, 2.05) is 18.2 Å². The number of likely N-dealkylation sites (N-methyl/N-ethyl adjacent to an activating group) is 2. The van der Waals surface area contributed by atoms with Gasteiger partial charge in [0.1, 0.15) is 6.07 Å². The molecule has 2 rings (SSSR count). The molecule has 1 heterocycles. The fourth-order valence-corrected chi connectivity index (χ4v) is 2.67. The molecule has 0 radical (unpaired) electrons. The summed E-state index contributed by atoms with van der Waals surface area (Å²) >= 11 is 3.39. The van der Waals surface area contributed by atoms with Gasteiger partial charge in [0, 0.05) is 36.7 Å². The van der Waals surface area contributed by atoms with Crippen molar-refractivity contribution in [3.63, 3.8) is 0 Å². The standard InChI is InChI=1S/C14H19BrN4/c1-18-5-6-19(2)13(10-18)9-17-14-4-3-12(15)7-11(14)8-16/h3-4,7,13,17H,5-6,9-10H2,1-2H3/t13-/m1/s1. The summed E-state index contributed by atoms with van der Waals surface area (Å²) in [5.74, 6) is 0. The van der Waals surface area contributed by atoms with Crippen LogP contribution < -0.4 is 5.32 Å². The van der Waals surface area contributed by atoms with Crippen LogP contribution in [0.1, 0.15) is 5.56 Å². The first-order valence-electron chi connectivity index (χ1n) is 6.42. The SMILES string of the molecule is CN1CCN(C)[C@H](CNc2ccc(Br)cc2C#N)C1. The second-order valence-electron chi connectivity index (χ2n) is 5.08. The van der Waals surface area contributed by atoms with Crippen LogP contribution >= 0.6 is 15.9 Å². The lowest BCUT2D eigenvalue weighted by atomic mass is 10.1. The molecule has 1 aliphatic rings. The van der Waals surface area contributed by atoms with Crippen molar-refractivity contribution in [1.29, 1.82) is 5.26 Å². The average molecular weight is 323 g/mol. The van der Waals surface area contributed by atoms with Crippen LogP contribution in [0.15, 0.2) is 22.7 Å². The van der Waals surface area contributed by atoms with Crippen molar-refractivity contribution >= 4 is 21.6 Å². The van der Waals surface area contributed by atoms with Crippen LogP contribution in [-0.4, -0.2) is 56.1 Å². The minimum absolute atomic E-state index is 0.480. The first-order valence-corrected chi connectivity index (χ1v) is 7.21. The molecule has 1 N–H and O–H groups in total. The van der Waals surface area contributed by atoms with Gasteiger partial charge in [-0.3, -0.25) is 4.90 Å². The third kappa shape index (κ3) is 3.69. The molecule has 1 saturated heterocycles. The largest absolute Gasteiger partial charge is 0.382 e. The molecule has 0 saturated carbocycles. The number of hydrogen-bond acceptors (Lipinski definition) is 4. The van der Waals surface area contributed by atoms with Crippen molar-refractivity contribution in [2.45, 2.75) is 6.04 Å². The summed E-state index contributed by atoms with van der Waals surface area (Å²) in [5, 5.41) is 12.5. The highest BCUT2D eigenvalue weighted by atomic mass is 79.9. The quantitative estimate of drug-likeness (QED) is 0.924. The van der Waals surface area contributed by atoms with Gasteiger partial charge >= 0.3 is 0 Å². The van der Waals surface area contributed by atoms with Gasteiger partial charge in [0.2, 0.25) is 0 Å². The maximum atomic E-state index is 9.14. The van der Waals surface area contributed by atoms with Crippen LogP contribution in [0, 0.1) is 11.3 Å². The molecular weight excluding hydrogens is 304 g/mol. The van der Waals surface area contributed by atoms with Crippen LogP contribution in [0.25, 0.3) is 0 Å². The van der Waals surface area contributed by atoms with Crippen LogP contribution in [0.4, 0.5) is 5.69 Å². The van der Waals surface area contributed by atoms with Crippen molar-refractivity contribution in [1.82, 2.24) is 9.80 Å². The molecule has 1 aliphatic heterocycles. The summed E-state index contributed by atoms with van der Waals surface area (Å²) < 4.78 is 0.934. The summed E-state index contributed by atoms with van der Waals surface area (Å²) in [4.78, 5) is 4.72. The van der Waals surface area contributed by atoms with E-state index in [0.717, 1.165) is 36.3 Å². The van der Waals surface area contributed by atoms with E-state index in [2.05, 4.69) is 51.2 Å². The Hall–Kier alpha value is -1.09. The third-order valence-corrected chi connectivity index (χ3v) is 4.10. The Morgan fingerprint density at radius 2 is 2.21 bits per heavy atom. The van der Waals surface area contributed by atoms with Crippen molar-refractivity contribution in [2.24, 2.45) is 0 Å². The molecule has 0 aromatic heterocycles. The van der Waals surface area contributed by atoms with E-state index in [0.29, 0.717) is 11.6 Å². The maximum Gasteiger partial charge on any atom is 0.101 e. The predicted molar refractivity (Wildman–Crippen MR) is 81.3 cm³/mol. The van der Waals surface area contributed by atoms with E-state index in [1.54, 1.807) is 0 Å². The van der Waals surface area contributed by atoms with Gasteiger partial charge in [-0.2, -0.15) is 5.26 Å². The molecule has 102 valence electrons. The highest BCUT2D eigenvalue weighted by molar-refractivity contribution is 9.10. The second kappa shape index (κ2) is 6.38. The van der Waals surface area contributed by atoms with E-state index >= 15 is 0 Å². The molecule has 1 aromatic rings. The lowest BCUT2D eigenvalue weighted by molar-refractivity contribution is 0.122. The number of nitriles is 1. The van der Waals surface area contributed by atoms with E-state index in [1.165, 1.54) is 0 Å². The summed E-state index contributed by atoms with van der Waals surface area (Å²) in [6, 6.07) is 8.47. The van der Waals surface area contributed by atoms with Crippen LogP contribution in [0.5, 0.6) is 0 Å². The number of piperazine rings is 1. The number of nitrogens with zero attached hydrogens (tertiary/aromatic N) is 3. The van der Waals surface area contributed by atoms with Crippen LogP contribution in [0.3, 0.4) is 0 Å². The minimum atomic E-state index is 0.480. The number of benzene rings is 1. The molecule has 1 fully saturated rings. The van der Waals surface area contributed by atoms with E-state index in [9.17, 15) is 0 Å². The van der Waals surface area contributed by atoms with Gasteiger partial charge in [0.05, 0.1) is 11.3 Å². The first-order chi connectivity index (χ1) is 9.10. The number of nitrogens with one attached hydrogen (secondary N) is 1. The van der Waals surface area contributed by atoms with Crippen molar-refractivity contribution in [3.8, 4) is 6.07 Å². The zero-order chi connectivity index (χ0) is 13.8. The summed E-state index contributed by atoms with van der Waals surface area (Å²) in [6.07, 6.45) is 0. The normalized spacial score (nSPS) is 21.1. The number of rotatable bonds is 3. The molecule has 0 unspecified atom stereocenters. The van der Waals surface area contributed by atoms with Gasteiger partial charge in [-0.15, -0.1) is 0 Å². The predicted octanol–water partition coefficient (Wildman–Crippen LogP) is 1.98. The number of halogens is 1. The third-order valence-electron chi connectivity index (χ3n) is 3.61. The first kappa shape index (κ1) is 14.3. The summed E-state index contributed by atoms with van der Waals surface area (Å²) in [5.41, 5.74) is 1.59. The topological polar surface area (TPSA) is 42.3 Å². The Kier molecular flexibility index (Phi) is 4.81. The monoisotopic (exact) mass is 322 g/mol. The molecule has 0 aliphatic carbocycles. The molecule has 4 nitrogen and oxygen atoms in total. The van der Waals surface area contributed by atoms with E-state index in [-0.39, 0.29) is 0 Å². The number of hydrogen-bond donors (Lipinski definition) is 1. The van der Waals surface area contributed by atoms with Crippen molar-refractivity contribution in [2.75, 3.05) is 45.6 Å². The molecule has 0 amide bonds. The lowest BCUT2D eigenvalue weighted by Crippen LogP contribution is -2.52. The molecule has 5 heteroatoms. The fraction of sp³-hybridized carbons (Fsp3) is 0.500. The zero-order valence-corrected chi connectivity index (χ0v) is 12.9. The Bertz CT molecular complexity index is 483. The fourth-order valence-electron chi connectivity index (χ4n) is 2.31. The van der Waals surface area contributed by atoms with Crippen LogP contribution in [0.2, 0.25) is 0 Å². The Morgan fingerprint density at radius 1 is 1.42 bits per heavy atom. The van der Waals surface area contributed by atoms with Gasteiger partial charge in [-0.05, 0) is 32.3 Å². The Morgan fingerprint density at radius 3 is 2.95 bits per heavy atom. The summed E-state index contributed by atoms with van der Waals surface area (Å²) in [6.45, 7) is 4.13. The van der Waals surface area contributed by atoms with Gasteiger partial charge < -0.3 is 10.2 Å². The van der Waals surface area contributed by atoms with E-state index in [4.69, 9.17) is 5.26 Å². The second-order valence-corrected chi connectivity index (χ2v) is 5.99. The lowest BCUT2D eigenvalue weighted by Gasteiger charge is -2.37. The molecular formula is C14H19BrN4. The van der Waals surface area contributed by atoms with Crippen molar-refractivity contribution < 1.29 is 0 Å². The van der Waals surface area contributed by atoms with E-state index < -0.39 is 0 Å². The molecule has 1 atom stereocenters. The maximum absolute atomic E-state index is 9.14.